The van der Waals surface area contributed by atoms with Gasteiger partial charge in [0.2, 0.25) is 0 Å². The number of aryl methyl sites for hydroxylation is 1. The van der Waals surface area contributed by atoms with Gasteiger partial charge in [0, 0.05) is 44.7 Å². The van der Waals surface area contributed by atoms with E-state index in [1.54, 1.807) is 7.05 Å². The van der Waals surface area contributed by atoms with Crippen LogP contribution in [0.5, 0.6) is 0 Å². The Morgan fingerprint density at radius 3 is 2.74 bits per heavy atom. The molecule has 0 unspecified atom stereocenters. The lowest BCUT2D eigenvalue weighted by molar-refractivity contribution is 0.307. The summed E-state index contributed by atoms with van der Waals surface area (Å²) in [7, 11) is -1.97. The van der Waals surface area contributed by atoms with Gasteiger partial charge in [-0.25, -0.2) is 18.1 Å². The van der Waals surface area contributed by atoms with Gasteiger partial charge in [0.25, 0.3) is 10.0 Å². The SMILES string of the molecule is Cn1cnc(N)c1S(=O)(=O)NCCN1CCSCC1. The zero-order chi connectivity index (χ0) is 13.9. The molecule has 0 aromatic carbocycles. The van der Waals surface area contributed by atoms with Gasteiger partial charge < -0.3 is 15.2 Å². The Labute approximate surface area is 117 Å². The maximum atomic E-state index is 12.1. The lowest BCUT2D eigenvalue weighted by Crippen LogP contribution is -2.39. The monoisotopic (exact) mass is 305 g/mol. The van der Waals surface area contributed by atoms with Crippen molar-refractivity contribution in [3.63, 3.8) is 0 Å². The number of nitrogens with zero attached hydrogens (tertiary/aromatic N) is 3. The zero-order valence-corrected chi connectivity index (χ0v) is 12.5. The number of nitrogens with one attached hydrogen (secondary N) is 1. The van der Waals surface area contributed by atoms with Crippen LogP contribution in [0, 0.1) is 0 Å². The van der Waals surface area contributed by atoms with E-state index in [2.05, 4.69) is 14.6 Å². The molecule has 9 heteroatoms. The van der Waals surface area contributed by atoms with E-state index in [1.165, 1.54) is 10.9 Å². The lowest BCUT2D eigenvalue weighted by Gasteiger charge is -2.25. The second-order valence-electron chi connectivity index (χ2n) is 4.40. The Morgan fingerprint density at radius 2 is 2.16 bits per heavy atom. The van der Waals surface area contributed by atoms with Crippen LogP contribution in [0.4, 0.5) is 5.82 Å². The molecule has 19 heavy (non-hydrogen) atoms. The fourth-order valence-corrected chi connectivity index (χ4v) is 4.23. The van der Waals surface area contributed by atoms with Crippen molar-refractivity contribution < 1.29 is 8.42 Å². The third-order valence-corrected chi connectivity index (χ3v) is 5.52. The van der Waals surface area contributed by atoms with Crippen LogP contribution in [0.3, 0.4) is 0 Å². The molecule has 2 heterocycles. The molecule has 3 N–H and O–H groups in total. The number of anilines is 1. The second-order valence-corrected chi connectivity index (χ2v) is 7.30. The molecule has 0 bridgehead atoms. The molecular weight excluding hydrogens is 286 g/mol. The molecule has 2 rings (SSSR count). The number of imidazole rings is 1. The van der Waals surface area contributed by atoms with Crippen LogP contribution < -0.4 is 10.5 Å². The van der Waals surface area contributed by atoms with Crippen LogP contribution >= 0.6 is 11.8 Å². The van der Waals surface area contributed by atoms with Gasteiger partial charge in [0.15, 0.2) is 10.8 Å². The molecule has 1 aromatic rings. The van der Waals surface area contributed by atoms with Crippen molar-refractivity contribution in [1.82, 2.24) is 19.2 Å². The van der Waals surface area contributed by atoms with Crippen molar-refractivity contribution in [1.29, 1.82) is 0 Å². The van der Waals surface area contributed by atoms with E-state index in [1.807, 2.05) is 11.8 Å². The summed E-state index contributed by atoms with van der Waals surface area (Å²) in [4.78, 5) is 6.04. The first-order valence-corrected chi connectivity index (χ1v) is 8.71. The normalized spacial score (nSPS) is 17.7. The van der Waals surface area contributed by atoms with Crippen LogP contribution in [0.15, 0.2) is 11.4 Å². The number of hydrogen-bond acceptors (Lipinski definition) is 6. The largest absolute Gasteiger partial charge is 0.381 e. The summed E-state index contributed by atoms with van der Waals surface area (Å²) >= 11 is 1.93. The molecule has 1 saturated heterocycles. The summed E-state index contributed by atoms with van der Waals surface area (Å²) in [5, 5.41) is 0.0294. The minimum atomic E-state index is -3.59. The molecule has 7 nitrogen and oxygen atoms in total. The number of rotatable bonds is 5. The van der Waals surface area contributed by atoms with E-state index in [-0.39, 0.29) is 10.8 Å². The molecule has 0 saturated carbocycles. The van der Waals surface area contributed by atoms with Gasteiger partial charge >= 0.3 is 0 Å². The highest BCUT2D eigenvalue weighted by Crippen LogP contribution is 2.14. The Hall–Kier alpha value is -0.770. The maximum absolute atomic E-state index is 12.1. The highest BCUT2D eigenvalue weighted by atomic mass is 32.2. The Kier molecular flexibility index (Phi) is 4.71. The van der Waals surface area contributed by atoms with Gasteiger partial charge in [-0.3, -0.25) is 0 Å². The average Bonchev–Trinajstić information content (AvgIpc) is 2.70. The molecule has 0 spiro atoms. The van der Waals surface area contributed by atoms with Gasteiger partial charge in [-0.2, -0.15) is 11.8 Å². The van der Waals surface area contributed by atoms with E-state index in [0.29, 0.717) is 6.54 Å². The van der Waals surface area contributed by atoms with Gasteiger partial charge in [-0.1, -0.05) is 0 Å². The first kappa shape index (κ1) is 14.6. The van der Waals surface area contributed by atoms with Crippen LogP contribution in [0.1, 0.15) is 0 Å². The second kappa shape index (κ2) is 6.12. The quantitative estimate of drug-likeness (QED) is 0.749. The predicted molar refractivity (Wildman–Crippen MR) is 76.6 cm³/mol. The summed E-state index contributed by atoms with van der Waals surface area (Å²) in [5.74, 6) is 2.26. The Balaban J connectivity index is 1.91. The van der Waals surface area contributed by atoms with Crippen LogP contribution in [-0.2, 0) is 17.1 Å². The number of nitrogen functional groups attached to an aromatic ring is 1. The van der Waals surface area contributed by atoms with Crippen molar-refractivity contribution in [3.8, 4) is 0 Å². The van der Waals surface area contributed by atoms with E-state index < -0.39 is 10.0 Å². The highest BCUT2D eigenvalue weighted by Gasteiger charge is 2.22. The number of thioether (sulfide) groups is 1. The van der Waals surface area contributed by atoms with E-state index in [0.717, 1.165) is 31.1 Å². The summed E-state index contributed by atoms with van der Waals surface area (Å²) < 4.78 is 28.2. The zero-order valence-electron chi connectivity index (χ0n) is 10.9. The van der Waals surface area contributed by atoms with E-state index >= 15 is 0 Å². The molecule has 1 aromatic heterocycles. The van der Waals surface area contributed by atoms with Gasteiger partial charge in [-0.05, 0) is 0 Å². The molecule has 0 amide bonds. The molecule has 0 aliphatic carbocycles. The van der Waals surface area contributed by atoms with Crippen LogP contribution in [0.25, 0.3) is 0 Å². The molecule has 1 aliphatic rings. The van der Waals surface area contributed by atoms with E-state index in [9.17, 15) is 8.42 Å². The first-order valence-electron chi connectivity index (χ1n) is 6.07. The number of sulfonamides is 1. The third-order valence-electron chi connectivity index (χ3n) is 2.99. The molecular formula is C10H19N5O2S2. The maximum Gasteiger partial charge on any atom is 0.260 e. The van der Waals surface area contributed by atoms with Crippen LogP contribution in [-0.4, -0.2) is 60.6 Å². The third kappa shape index (κ3) is 3.62. The summed E-state index contributed by atoms with van der Waals surface area (Å²) in [6.45, 7) is 3.13. The van der Waals surface area contributed by atoms with E-state index in [4.69, 9.17) is 5.73 Å². The highest BCUT2D eigenvalue weighted by molar-refractivity contribution is 7.99. The standard InChI is InChI=1S/C10H19N5O2S2/c1-14-8-12-9(11)10(14)19(16,17)13-2-3-15-4-6-18-7-5-15/h8,13H,2-7,11H2,1H3. The fourth-order valence-electron chi connectivity index (χ4n) is 2.00. The smallest absolute Gasteiger partial charge is 0.260 e. The fraction of sp³-hybridized carbons (Fsp3) is 0.700. The molecule has 0 radical (unpaired) electrons. The minimum absolute atomic E-state index is 0.0294. The first-order chi connectivity index (χ1) is 9.00. The Morgan fingerprint density at radius 1 is 1.47 bits per heavy atom. The molecule has 108 valence electrons. The van der Waals surface area contributed by atoms with Crippen molar-refractivity contribution in [2.75, 3.05) is 43.4 Å². The summed E-state index contributed by atoms with van der Waals surface area (Å²) in [6, 6.07) is 0. The predicted octanol–water partition coefficient (Wildman–Crippen LogP) is -0.671. The van der Waals surface area contributed by atoms with Crippen molar-refractivity contribution in [2.24, 2.45) is 7.05 Å². The molecule has 1 aliphatic heterocycles. The van der Waals surface area contributed by atoms with Crippen molar-refractivity contribution in [3.05, 3.63) is 6.33 Å². The molecule has 0 atom stereocenters. The number of aromatic nitrogens is 2. The van der Waals surface area contributed by atoms with Gasteiger partial charge in [0.1, 0.15) is 0 Å². The lowest BCUT2D eigenvalue weighted by atomic mass is 10.5. The topological polar surface area (TPSA) is 93.2 Å². The molecule has 1 fully saturated rings. The number of nitrogens with two attached hydrogens (primary N) is 1. The van der Waals surface area contributed by atoms with Crippen molar-refractivity contribution in [2.45, 2.75) is 5.03 Å². The summed E-state index contributed by atoms with van der Waals surface area (Å²) in [6.07, 6.45) is 1.39. The number of hydrogen-bond donors (Lipinski definition) is 2. The summed E-state index contributed by atoms with van der Waals surface area (Å²) in [5.41, 5.74) is 5.58. The Bertz CT molecular complexity index is 503. The van der Waals surface area contributed by atoms with Gasteiger partial charge in [0.05, 0.1) is 6.33 Å². The average molecular weight is 305 g/mol. The van der Waals surface area contributed by atoms with Gasteiger partial charge in [-0.15, -0.1) is 0 Å². The minimum Gasteiger partial charge on any atom is -0.381 e. The van der Waals surface area contributed by atoms with Crippen molar-refractivity contribution >= 4 is 27.6 Å². The van der Waals surface area contributed by atoms with Crippen LogP contribution in [0.2, 0.25) is 0 Å².